The Hall–Kier alpha value is -1.85. The Morgan fingerprint density at radius 3 is 2.59 bits per heavy atom. The lowest BCUT2D eigenvalue weighted by molar-refractivity contribution is -0.174. The molecule has 1 aromatic carbocycles. The van der Waals surface area contributed by atoms with Gasteiger partial charge < -0.3 is 5.32 Å². The fourth-order valence-corrected chi connectivity index (χ4v) is 1.83. The summed E-state index contributed by atoms with van der Waals surface area (Å²) in [5.74, 6) is -2.28. The van der Waals surface area contributed by atoms with Crippen molar-refractivity contribution in [1.29, 1.82) is 0 Å². The molecular weight excluding hydrogens is 235 g/mol. The lowest BCUT2D eigenvalue weighted by atomic mass is 10.1. The lowest BCUT2D eigenvalue weighted by Crippen LogP contribution is -2.38. The third kappa shape index (κ3) is 2.15. The van der Waals surface area contributed by atoms with Crippen molar-refractivity contribution in [2.45, 2.75) is 18.6 Å². The van der Waals surface area contributed by atoms with Crippen molar-refractivity contribution in [1.82, 2.24) is 5.32 Å². The van der Waals surface area contributed by atoms with Crippen LogP contribution in [0.5, 0.6) is 0 Å². The Kier molecular flexibility index (Phi) is 2.65. The summed E-state index contributed by atoms with van der Waals surface area (Å²) in [6.45, 7) is 0. The highest BCUT2D eigenvalue weighted by Crippen LogP contribution is 2.31. The van der Waals surface area contributed by atoms with Gasteiger partial charge in [-0.25, -0.2) is 0 Å². The van der Waals surface area contributed by atoms with E-state index in [9.17, 15) is 22.8 Å². The molecule has 0 aromatic heterocycles. The molecule has 1 N–H and O–H groups in total. The molecule has 0 unspecified atom stereocenters. The summed E-state index contributed by atoms with van der Waals surface area (Å²) in [4.78, 5) is 22.3. The summed E-state index contributed by atoms with van der Waals surface area (Å²) >= 11 is 0. The summed E-state index contributed by atoms with van der Waals surface area (Å²) < 4.78 is 36.2. The second-order valence-electron chi connectivity index (χ2n) is 3.74. The third-order valence-corrected chi connectivity index (χ3v) is 2.59. The van der Waals surface area contributed by atoms with Gasteiger partial charge in [0.15, 0.2) is 5.78 Å². The Morgan fingerprint density at radius 2 is 1.94 bits per heavy atom. The number of halogens is 3. The Labute approximate surface area is 94.6 Å². The van der Waals surface area contributed by atoms with Gasteiger partial charge in [-0.1, -0.05) is 24.3 Å². The molecular formula is C11H8F3NO2. The van der Waals surface area contributed by atoms with E-state index in [2.05, 4.69) is 0 Å². The van der Waals surface area contributed by atoms with Gasteiger partial charge in [0.25, 0.3) is 0 Å². The van der Waals surface area contributed by atoms with Crippen LogP contribution in [0.1, 0.15) is 28.4 Å². The molecule has 6 heteroatoms. The van der Waals surface area contributed by atoms with E-state index >= 15 is 0 Å². The molecule has 0 bridgehead atoms. The normalized spacial score (nSPS) is 19.0. The van der Waals surface area contributed by atoms with Gasteiger partial charge >= 0.3 is 12.1 Å². The summed E-state index contributed by atoms with van der Waals surface area (Å²) in [6, 6.07) is 5.45. The van der Waals surface area contributed by atoms with Crippen LogP contribution in [-0.4, -0.2) is 17.9 Å². The van der Waals surface area contributed by atoms with Crippen molar-refractivity contribution in [2.75, 3.05) is 0 Å². The van der Waals surface area contributed by atoms with E-state index in [1.165, 1.54) is 6.07 Å². The molecule has 1 aromatic rings. The maximum atomic E-state index is 12.1. The zero-order chi connectivity index (χ0) is 12.6. The average Bonchev–Trinajstić information content (AvgIpc) is 2.56. The quantitative estimate of drug-likeness (QED) is 0.819. The molecule has 0 saturated carbocycles. The van der Waals surface area contributed by atoms with E-state index < -0.39 is 18.1 Å². The van der Waals surface area contributed by atoms with Crippen molar-refractivity contribution in [3.63, 3.8) is 0 Å². The van der Waals surface area contributed by atoms with Gasteiger partial charge in [0.05, 0.1) is 6.04 Å². The molecule has 0 saturated heterocycles. The first-order chi connectivity index (χ1) is 7.89. The first kappa shape index (κ1) is 11.6. The van der Waals surface area contributed by atoms with E-state index in [4.69, 9.17) is 0 Å². The van der Waals surface area contributed by atoms with E-state index in [-0.39, 0.29) is 12.2 Å². The van der Waals surface area contributed by atoms with Gasteiger partial charge in [0.2, 0.25) is 0 Å². The fourth-order valence-electron chi connectivity index (χ4n) is 1.83. The van der Waals surface area contributed by atoms with Gasteiger partial charge in [-0.05, 0) is 5.56 Å². The van der Waals surface area contributed by atoms with Crippen molar-refractivity contribution in [2.24, 2.45) is 0 Å². The van der Waals surface area contributed by atoms with Crippen LogP contribution >= 0.6 is 0 Å². The zero-order valence-corrected chi connectivity index (χ0v) is 8.54. The monoisotopic (exact) mass is 243 g/mol. The topological polar surface area (TPSA) is 46.2 Å². The number of alkyl halides is 3. The number of ketones is 1. The summed E-state index contributed by atoms with van der Waals surface area (Å²) in [6.07, 6.45) is -5.05. The average molecular weight is 243 g/mol. The summed E-state index contributed by atoms with van der Waals surface area (Å²) in [5, 5.41) is 1.82. The van der Waals surface area contributed by atoms with Crippen LogP contribution in [0.25, 0.3) is 0 Å². The molecule has 90 valence electrons. The Bertz CT molecular complexity index is 482. The highest BCUT2D eigenvalue weighted by molar-refractivity contribution is 6.01. The van der Waals surface area contributed by atoms with Crippen LogP contribution in [0, 0.1) is 0 Å². The second kappa shape index (κ2) is 3.87. The molecule has 1 amide bonds. The minimum absolute atomic E-state index is 0.124. The number of amides is 1. The van der Waals surface area contributed by atoms with Crippen LogP contribution in [0.15, 0.2) is 24.3 Å². The number of fused-ring (bicyclic) bond motifs is 1. The maximum Gasteiger partial charge on any atom is 0.471 e. The smallest absolute Gasteiger partial charge is 0.341 e. The molecule has 2 rings (SSSR count). The van der Waals surface area contributed by atoms with Crippen LogP contribution in [0.3, 0.4) is 0 Å². The molecule has 0 spiro atoms. The van der Waals surface area contributed by atoms with Crippen LogP contribution in [0.4, 0.5) is 13.2 Å². The predicted molar refractivity (Wildman–Crippen MR) is 52.3 cm³/mol. The van der Waals surface area contributed by atoms with Crippen molar-refractivity contribution in [3.05, 3.63) is 35.4 Å². The number of carbonyl (C=O) groups is 2. The Morgan fingerprint density at radius 1 is 1.29 bits per heavy atom. The fraction of sp³-hybridized carbons (Fsp3) is 0.273. The number of hydrogen-bond donors (Lipinski definition) is 1. The molecule has 17 heavy (non-hydrogen) atoms. The predicted octanol–water partition coefficient (Wildman–Crippen LogP) is 1.99. The number of nitrogens with one attached hydrogen (secondary N) is 1. The van der Waals surface area contributed by atoms with Crippen LogP contribution in [0.2, 0.25) is 0 Å². The van der Waals surface area contributed by atoms with E-state index in [1.54, 1.807) is 18.2 Å². The van der Waals surface area contributed by atoms with Gasteiger partial charge in [-0.15, -0.1) is 0 Å². The van der Waals surface area contributed by atoms with Crippen molar-refractivity contribution < 1.29 is 22.8 Å². The van der Waals surface area contributed by atoms with Crippen LogP contribution in [-0.2, 0) is 4.79 Å². The lowest BCUT2D eigenvalue weighted by Gasteiger charge is -2.14. The highest BCUT2D eigenvalue weighted by Gasteiger charge is 2.41. The Balaban J connectivity index is 2.21. The molecule has 0 aliphatic heterocycles. The van der Waals surface area contributed by atoms with Gasteiger partial charge in [0, 0.05) is 12.0 Å². The van der Waals surface area contributed by atoms with Crippen molar-refractivity contribution >= 4 is 11.7 Å². The first-order valence-corrected chi connectivity index (χ1v) is 4.89. The standard InChI is InChI=1S/C11H8F3NO2/c12-11(13,14)10(17)15-8-5-9(16)7-4-2-1-3-6(7)8/h1-4,8H,5H2,(H,15,17)/t8-/m0/s1. The summed E-state index contributed by atoms with van der Waals surface area (Å²) in [5.41, 5.74) is 0.815. The molecule has 3 nitrogen and oxygen atoms in total. The van der Waals surface area contributed by atoms with Gasteiger partial charge in [-0.3, -0.25) is 9.59 Å². The van der Waals surface area contributed by atoms with Gasteiger partial charge in [0.1, 0.15) is 0 Å². The third-order valence-electron chi connectivity index (χ3n) is 2.59. The molecule has 1 aliphatic rings. The van der Waals surface area contributed by atoms with E-state index in [0.717, 1.165) is 0 Å². The number of carbonyl (C=O) groups excluding carboxylic acids is 2. The van der Waals surface area contributed by atoms with E-state index in [1.807, 2.05) is 5.32 Å². The van der Waals surface area contributed by atoms with Crippen molar-refractivity contribution in [3.8, 4) is 0 Å². The highest BCUT2D eigenvalue weighted by atomic mass is 19.4. The molecule has 0 heterocycles. The number of benzene rings is 1. The molecule has 1 atom stereocenters. The first-order valence-electron chi connectivity index (χ1n) is 4.89. The number of rotatable bonds is 1. The minimum atomic E-state index is -4.93. The second-order valence-corrected chi connectivity index (χ2v) is 3.74. The number of hydrogen-bond acceptors (Lipinski definition) is 2. The zero-order valence-electron chi connectivity index (χ0n) is 8.54. The maximum absolute atomic E-state index is 12.1. The van der Waals surface area contributed by atoms with Crippen LogP contribution < -0.4 is 5.32 Å². The molecule has 0 radical (unpaired) electrons. The SMILES string of the molecule is O=C1C[C@H](NC(=O)C(F)(F)F)c2ccccc21. The molecule has 1 aliphatic carbocycles. The largest absolute Gasteiger partial charge is 0.471 e. The van der Waals surface area contributed by atoms with Gasteiger partial charge in [-0.2, -0.15) is 13.2 Å². The minimum Gasteiger partial charge on any atom is -0.341 e. The van der Waals surface area contributed by atoms with E-state index in [0.29, 0.717) is 11.1 Å². The number of Topliss-reactive ketones (excluding diaryl/α,β-unsaturated/α-hetero) is 1. The summed E-state index contributed by atoms with van der Waals surface area (Å²) in [7, 11) is 0. The molecule has 0 fully saturated rings.